The lowest BCUT2D eigenvalue weighted by Gasteiger charge is -2.11. The molecule has 3 rings (SSSR count). The normalized spacial score (nSPS) is 11.3. The van der Waals surface area contributed by atoms with Crippen LogP contribution in [0.3, 0.4) is 0 Å². The summed E-state index contributed by atoms with van der Waals surface area (Å²) in [6.45, 7) is 3.51. The van der Waals surface area contributed by atoms with Crippen molar-refractivity contribution >= 4 is 22.9 Å². The van der Waals surface area contributed by atoms with Crippen molar-refractivity contribution in [3.63, 3.8) is 0 Å². The van der Waals surface area contributed by atoms with E-state index in [-0.39, 0.29) is 0 Å². The number of hydrogen-bond donors (Lipinski definition) is 1. The quantitative estimate of drug-likeness (QED) is 0.442. The minimum absolute atomic E-state index is 0.682. The highest BCUT2D eigenvalue weighted by Crippen LogP contribution is 2.29. The Bertz CT molecular complexity index is 872. The predicted molar refractivity (Wildman–Crippen MR) is 116 cm³/mol. The van der Waals surface area contributed by atoms with Crippen LogP contribution in [0, 0.1) is 0 Å². The third-order valence-electron chi connectivity index (χ3n) is 4.24. The Morgan fingerprint density at radius 1 is 0.926 bits per heavy atom. The number of ether oxygens (including phenoxy) is 1. The Balaban J connectivity index is 1.70. The summed E-state index contributed by atoms with van der Waals surface area (Å²) in [5.74, 6) is 0.896. The summed E-state index contributed by atoms with van der Waals surface area (Å²) < 4.78 is 5.48. The summed E-state index contributed by atoms with van der Waals surface area (Å²) in [6, 6.07) is 26.4. The molecule has 0 aliphatic heterocycles. The summed E-state index contributed by atoms with van der Waals surface area (Å²) >= 11 is 6.45. The summed E-state index contributed by atoms with van der Waals surface area (Å²) in [5, 5.41) is 4.22. The third-order valence-corrected chi connectivity index (χ3v) is 4.57. The van der Waals surface area contributed by atoms with Gasteiger partial charge in [-0.3, -0.25) is 0 Å². The number of halogens is 1. The Kier molecular flexibility index (Phi) is 6.95. The molecule has 0 atom stereocenters. The summed E-state index contributed by atoms with van der Waals surface area (Å²) in [5.41, 5.74) is 4.48. The van der Waals surface area contributed by atoms with Gasteiger partial charge in [0.1, 0.15) is 5.75 Å². The SMILES string of the molecule is CCOc1ccc(NCC/C=C(\c2ccccc2)c2ccccc2Cl)cc1. The predicted octanol–water partition coefficient (Wildman–Crippen LogP) is 6.67. The lowest BCUT2D eigenvalue weighted by molar-refractivity contribution is 0.340. The molecule has 3 heteroatoms. The number of rotatable bonds is 8. The Morgan fingerprint density at radius 3 is 2.33 bits per heavy atom. The van der Waals surface area contributed by atoms with Crippen LogP contribution in [0.2, 0.25) is 5.02 Å². The second-order valence-electron chi connectivity index (χ2n) is 6.14. The first-order chi connectivity index (χ1) is 13.3. The van der Waals surface area contributed by atoms with Crippen LogP contribution in [0.15, 0.2) is 84.9 Å². The van der Waals surface area contributed by atoms with Crippen LogP contribution < -0.4 is 10.1 Å². The highest BCUT2D eigenvalue weighted by molar-refractivity contribution is 6.32. The van der Waals surface area contributed by atoms with Crippen molar-refractivity contribution in [1.29, 1.82) is 0 Å². The van der Waals surface area contributed by atoms with Gasteiger partial charge in [-0.15, -0.1) is 0 Å². The van der Waals surface area contributed by atoms with E-state index >= 15 is 0 Å². The Hall–Kier alpha value is -2.71. The van der Waals surface area contributed by atoms with E-state index in [1.54, 1.807) is 0 Å². The number of benzene rings is 3. The first-order valence-electron chi connectivity index (χ1n) is 9.25. The van der Waals surface area contributed by atoms with Crippen LogP contribution in [0.5, 0.6) is 5.75 Å². The van der Waals surface area contributed by atoms with Crippen molar-refractivity contribution in [2.75, 3.05) is 18.5 Å². The van der Waals surface area contributed by atoms with Gasteiger partial charge < -0.3 is 10.1 Å². The van der Waals surface area contributed by atoms with E-state index in [2.05, 4.69) is 41.7 Å². The molecular weight excluding hydrogens is 354 g/mol. The standard InChI is InChI=1S/C24H24ClNO/c1-2-27-21-16-14-20(15-17-21)26-18-8-12-22(19-9-4-3-5-10-19)23-11-6-7-13-24(23)25/h3-7,9-17,26H,2,8,18H2,1H3/b22-12+. The van der Waals surface area contributed by atoms with Crippen LogP contribution in [-0.2, 0) is 0 Å². The van der Waals surface area contributed by atoms with Crippen molar-refractivity contribution in [3.05, 3.63) is 101 Å². The second kappa shape index (κ2) is 9.84. The zero-order chi connectivity index (χ0) is 18.9. The molecule has 3 aromatic rings. The van der Waals surface area contributed by atoms with Crippen molar-refractivity contribution in [1.82, 2.24) is 0 Å². The van der Waals surface area contributed by atoms with Crippen molar-refractivity contribution in [2.45, 2.75) is 13.3 Å². The maximum atomic E-state index is 6.45. The minimum atomic E-state index is 0.682. The molecule has 0 bridgehead atoms. The van der Waals surface area contributed by atoms with Gasteiger partial charge in [0.05, 0.1) is 6.61 Å². The zero-order valence-corrected chi connectivity index (χ0v) is 16.2. The van der Waals surface area contributed by atoms with E-state index < -0.39 is 0 Å². The Labute approximate surface area is 166 Å². The highest BCUT2D eigenvalue weighted by atomic mass is 35.5. The highest BCUT2D eigenvalue weighted by Gasteiger charge is 2.08. The second-order valence-corrected chi connectivity index (χ2v) is 6.54. The third kappa shape index (κ3) is 5.38. The molecule has 0 spiro atoms. The van der Waals surface area contributed by atoms with Gasteiger partial charge in [0.15, 0.2) is 0 Å². The summed E-state index contributed by atoms with van der Waals surface area (Å²) in [4.78, 5) is 0. The van der Waals surface area contributed by atoms with Gasteiger partial charge in [-0.05, 0) is 54.8 Å². The molecule has 0 aliphatic rings. The smallest absolute Gasteiger partial charge is 0.119 e. The fourth-order valence-corrected chi connectivity index (χ4v) is 3.19. The van der Waals surface area contributed by atoms with Gasteiger partial charge in [-0.1, -0.05) is 66.2 Å². The van der Waals surface area contributed by atoms with Gasteiger partial charge in [-0.2, -0.15) is 0 Å². The molecule has 0 unspecified atom stereocenters. The number of nitrogens with one attached hydrogen (secondary N) is 1. The van der Waals surface area contributed by atoms with E-state index in [4.69, 9.17) is 16.3 Å². The van der Waals surface area contributed by atoms with E-state index in [0.717, 1.165) is 40.6 Å². The van der Waals surface area contributed by atoms with Crippen LogP contribution >= 0.6 is 11.6 Å². The molecule has 0 aromatic heterocycles. The molecule has 2 nitrogen and oxygen atoms in total. The zero-order valence-electron chi connectivity index (χ0n) is 15.5. The number of hydrogen-bond acceptors (Lipinski definition) is 2. The molecule has 0 saturated carbocycles. The van der Waals surface area contributed by atoms with Crippen LogP contribution in [-0.4, -0.2) is 13.2 Å². The molecule has 0 aliphatic carbocycles. The molecule has 0 heterocycles. The first-order valence-corrected chi connectivity index (χ1v) is 9.63. The van der Waals surface area contributed by atoms with Crippen LogP contribution in [0.4, 0.5) is 5.69 Å². The molecular formula is C24H24ClNO. The van der Waals surface area contributed by atoms with Gasteiger partial charge in [-0.25, -0.2) is 0 Å². The van der Waals surface area contributed by atoms with E-state index in [1.807, 2.05) is 55.5 Å². The average Bonchev–Trinajstić information content (AvgIpc) is 2.71. The van der Waals surface area contributed by atoms with E-state index in [9.17, 15) is 0 Å². The summed E-state index contributed by atoms with van der Waals surface area (Å²) in [7, 11) is 0. The van der Waals surface area contributed by atoms with Gasteiger partial charge in [0.2, 0.25) is 0 Å². The topological polar surface area (TPSA) is 21.3 Å². The molecule has 0 saturated heterocycles. The van der Waals surface area contributed by atoms with Gasteiger partial charge in [0.25, 0.3) is 0 Å². The monoisotopic (exact) mass is 377 g/mol. The largest absolute Gasteiger partial charge is 0.494 e. The lowest BCUT2D eigenvalue weighted by Crippen LogP contribution is -2.01. The fourth-order valence-electron chi connectivity index (χ4n) is 2.95. The molecule has 27 heavy (non-hydrogen) atoms. The molecule has 1 N–H and O–H groups in total. The average molecular weight is 378 g/mol. The van der Waals surface area contributed by atoms with Crippen LogP contribution in [0.25, 0.3) is 5.57 Å². The van der Waals surface area contributed by atoms with Crippen LogP contribution in [0.1, 0.15) is 24.5 Å². The van der Waals surface area contributed by atoms with Gasteiger partial charge in [0, 0.05) is 22.8 Å². The molecule has 0 fully saturated rings. The minimum Gasteiger partial charge on any atom is -0.494 e. The Morgan fingerprint density at radius 2 is 1.63 bits per heavy atom. The fraction of sp³-hybridized carbons (Fsp3) is 0.167. The summed E-state index contributed by atoms with van der Waals surface area (Å²) in [6.07, 6.45) is 3.14. The van der Waals surface area contributed by atoms with Crippen molar-refractivity contribution in [2.24, 2.45) is 0 Å². The van der Waals surface area contributed by atoms with E-state index in [1.165, 1.54) is 5.56 Å². The van der Waals surface area contributed by atoms with Crippen molar-refractivity contribution in [3.8, 4) is 5.75 Å². The molecule has 0 amide bonds. The van der Waals surface area contributed by atoms with Gasteiger partial charge >= 0.3 is 0 Å². The maximum Gasteiger partial charge on any atom is 0.119 e. The maximum absolute atomic E-state index is 6.45. The molecule has 138 valence electrons. The number of anilines is 1. The lowest BCUT2D eigenvalue weighted by atomic mass is 9.97. The molecule has 3 aromatic carbocycles. The molecule has 0 radical (unpaired) electrons. The van der Waals surface area contributed by atoms with Crippen molar-refractivity contribution < 1.29 is 4.74 Å². The van der Waals surface area contributed by atoms with E-state index in [0.29, 0.717) is 6.61 Å². The first kappa shape index (κ1) is 19.1.